The van der Waals surface area contributed by atoms with Crippen LogP contribution in [0.25, 0.3) is 0 Å². The zero-order chi connectivity index (χ0) is 6.50. The predicted octanol–water partition coefficient (Wildman–Crippen LogP) is -1.73. The molecule has 0 aliphatic heterocycles. The second-order valence-corrected chi connectivity index (χ2v) is 1.22. The van der Waals surface area contributed by atoms with E-state index in [2.05, 4.69) is 0 Å². The normalized spacial score (nSPS) is 8.00. The largest absolute Gasteiger partial charge is 2.00 e. The second-order valence-electron chi connectivity index (χ2n) is 0.408. The maximum absolute atomic E-state index is 8.52. The van der Waals surface area contributed by atoms with E-state index in [9.17, 15) is 0 Å². The number of hydrogen-bond donors (Lipinski definition) is 1. The van der Waals surface area contributed by atoms with Crippen LogP contribution >= 0.6 is 0 Å². The van der Waals surface area contributed by atoms with Crippen LogP contribution in [0.3, 0.4) is 0 Å². The van der Waals surface area contributed by atoms with Gasteiger partial charge < -0.3 is 14.2 Å². The molecule has 0 saturated carbocycles. The van der Waals surface area contributed by atoms with Gasteiger partial charge in [0, 0.05) is 17.5 Å². The molecule has 0 atom stereocenters. The smallest absolute Gasteiger partial charge is 0.759 e. The van der Waals surface area contributed by atoms with E-state index in [-0.39, 0.29) is 19.5 Å². The van der Waals surface area contributed by atoms with Crippen LogP contribution in [0.15, 0.2) is 0 Å². The zero-order valence-corrected chi connectivity index (χ0v) is 7.98. The van der Waals surface area contributed by atoms with Crippen molar-refractivity contribution in [2.45, 2.75) is 0 Å². The Morgan fingerprint density at radius 3 is 1.25 bits per heavy atom. The molecule has 0 aromatic heterocycles. The van der Waals surface area contributed by atoms with E-state index in [1.165, 1.54) is 0 Å². The van der Waals surface area contributed by atoms with Gasteiger partial charge in [-0.1, -0.05) is 0 Å². The van der Waals surface area contributed by atoms with Crippen molar-refractivity contribution in [1.82, 2.24) is 0 Å². The molecule has 8 heavy (non-hydrogen) atoms. The van der Waals surface area contributed by atoms with E-state index in [1.54, 1.807) is 0 Å². The fraction of sp³-hybridized carbons (Fsp3) is 1.00. The van der Waals surface area contributed by atoms with Crippen LogP contribution in [0.1, 0.15) is 0 Å². The molecule has 0 spiro atoms. The van der Waals surface area contributed by atoms with Crippen molar-refractivity contribution in [3.05, 3.63) is 0 Å². The van der Waals surface area contributed by atoms with Crippen molar-refractivity contribution in [2.24, 2.45) is 0 Å². The van der Waals surface area contributed by atoms with Crippen molar-refractivity contribution in [3.8, 4) is 0 Å². The summed E-state index contributed by atoms with van der Waals surface area (Å²) in [4.78, 5) is 0. The van der Waals surface area contributed by atoms with Gasteiger partial charge in [-0.05, 0) is 0 Å². The first-order chi connectivity index (χ1) is 3.00. The Morgan fingerprint density at radius 1 is 1.25 bits per heavy atom. The van der Waals surface area contributed by atoms with E-state index in [0.717, 1.165) is 7.11 Å². The fourth-order valence-electron chi connectivity index (χ4n) is 0. The van der Waals surface area contributed by atoms with E-state index >= 15 is 0 Å². The fourth-order valence-corrected chi connectivity index (χ4v) is 0. The molecule has 46 valence electrons. The van der Waals surface area contributed by atoms with Crippen LogP contribution < -0.4 is 0 Å². The molecule has 0 fully saturated rings. The molecule has 0 aromatic carbocycles. The Hall–Kier alpha value is 0.453. The van der Waals surface area contributed by atoms with Crippen LogP contribution in [0.4, 0.5) is 0 Å². The Morgan fingerprint density at radius 2 is 1.25 bits per heavy atom. The van der Waals surface area contributed by atoms with Gasteiger partial charge in [0.25, 0.3) is 0 Å². The molecule has 0 radical (unpaired) electrons. The molecule has 0 rings (SSSR count). The first kappa shape index (κ1) is 15.8. The molecular weight excluding hydrogens is 189 g/mol. The summed E-state index contributed by atoms with van der Waals surface area (Å²) >= 11 is 0. The van der Waals surface area contributed by atoms with Crippen LogP contribution in [0.2, 0.25) is 0 Å². The molecular formula is CH4O5SZn. The van der Waals surface area contributed by atoms with Crippen LogP contribution in [0.5, 0.6) is 0 Å². The standard InChI is InChI=1S/CH4O.H2O4S.Zn/c1-2;1-5(2,3)4;/h2H,1H3;(H2,1,2,3,4);/q;;+2/p-2. The number of aliphatic hydroxyl groups is 1. The molecule has 0 bridgehead atoms. The number of aliphatic hydroxyl groups excluding tert-OH is 1. The minimum Gasteiger partial charge on any atom is -0.759 e. The maximum atomic E-state index is 8.52. The van der Waals surface area contributed by atoms with Crippen molar-refractivity contribution in [1.29, 1.82) is 0 Å². The first-order valence-electron chi connectivity index (χ1n) is 1.11. The summed E-state index contributed by atoms with van der Waals surface area (Å²) in [6.45, 7) is 0. The molecule has 0 aliphatic carbocycles. The van der Waals surface area contributed by atoms with Gasteiger partial charge in [-0.25, -0.2) is 0 Å². The van der Waals surface area contributed by atoms with Gasteiger partial charge in [-0.15, -0.1) is 0 Å². The van der Waals surface area contributed by atoms with Gasteiger partial charge in [0.15, 0.2) is 0 Å². The SMILES string of the molecule is CO.O=S(=O)([O-])[O-].[Zn+2]. The maximum Gasteiger partial charge on any atom is 2.00 e. The van der Waals surface area contributed by atoms with Gasteiger partial charge in [-0.3, -0.25) is 8.42 Å². The Bertz CT molecular complexity index is 95.6. The summed E-state index contributed by atoms with van der Waals surface area (Å²) in [6, 6.07) is 0. The van der Waals surface area contributed by atoms with Crippen molar-refractivity contribution in [3.63, 3.8) is 0 Å². The second kappa shape index (κ2) is 7.45. The van der Waals surface area contributed by atoms with Crippen molar-refractivity contribution in [2.75, 3.05) is 7.11 Å². The average Bonchev–Trinajstić information content (AvgIpc) is 1.36. The van der Waals surface area contributed by atoms with Gasteiger partial charge in [0.2, 0.25) is 0 Å². The number of rotatable bonds is 0. The summed E-state index contributed by atoms with van der Waals surface area (Å²) in [5.41, 5.74) is 0. The zero-order valence-electron chi connectivity index (χ0n) is 4.20. The quantitative estimate of drug-likeness (QED) is 0.280. The first-order valence-corrected chi connectivity index (χ1v) is 2.45. The molecule has 7 heteroatoms. The van der Waals surface area contributed by atoms with E-state index in [4.69, 9.17) is 22.6 Å². The molecule has 0 aromatic rings. The van der Waals surface area contributed by atoms with Crippen molar-refractivity contribution >= 4 is 10.4 Å². The summed E-state index contributed by atoms with van der Waals surface area (Å²) in [5, 5.41) is 7.00. The number of hydrogen-bond acceptors (Lipinski definition) is 5. The summed E-state index contributed by atoms with van der Waals surface area (Å²) in [6.07, 6.45) is 0. The van der Waals surface area contributed by atoms with Gasteiger partial charge in [-0.2, -0.15) is 0 Å². The monoisotopic (exact) mass is 192 g/mol. The van der Waals surface area contributed by atoms with Crippen molar-refractivity contribution < 1.29 is 42.1 Å². The van der Waals surface area contributed by atoms with Crippen LogP contribution in [-0.4, -0.2) is 29.7 Å². The molecule has 0 saturated heterocycles. The predicted molar refractivity (Wildman–Crippen MR) is 18.6 cm³/mol. The van der Waals surface area contributed by atoms with E-state index < -0.39 is 10.4 Å². The summed E-state index contributed by atoms with van der Waals surface area (Å²) in [7, 11) is -4.17. The molecule has 0 aliphatic rings. The summed E-state index contributed by atoms with van der Waals surface area (Å²) < 4.78 is 34.1. The Labute approximate surface area is 60.1 Å². The minimum atomic E-state index is -5.17. The van der Waals surface area contributed by atoms with E-state index in [1.807, 2.05) is 0 Å². The third-order valence-electron chi connectivity index (χ3n) is 0. The topological polar surface area (TPSA) is 100 Å². The summed E-state index contributed by atoms with van der Waals surface area (Å²) in [5.74, 6) is 0. The average molecular weight is 193 g/mol. The molecule has 0 amide bonds. The minimum absolute atomic E-state index is 0. The third-order valence-corrected chi connectivity index (χ3v) is 0. The van der Waals surface area contributed by atoms with Gasteiger partial charge in [0.1, 0.15) is 0 Å². The molecule has 0 heterocycles. The Balaban J connectivity index is -0.0000000750. The van der Waals surface area contributed by atoms with Crippen LogP contribution in [0, 0.1) is 0 Å². The van der Waals surface area contributed by atoms with Gasteiger partial charge >= 0.3 is 19.5 Å². The van der Waals surface area contributed by atoms with Gasteiger partial charge in [0.05, 0.1) is 0 Å². The third kappa shape index (κ3) is 934. The Kier molecular flexibility index (Phi) is 14.7. The van der Waals surface area contributed by atoms with E-state index in [0.29, 0.717) is 0 Å². The van der Waals surface area contributed by atoms with Crippen LogP contribution in [-0.2, 0) is 29.9 Å². The molecule has 5 nitrogen and oxygen atoms in total. The molecule has 1 N–H and O–H groups in total. The molecule has 0 unspecified atom stereocenters.